The third-order valence-electron chi connectivity index (χ3n) is 4.01. The van der Waals surface area contributed by atoms with E-state index in [4.69, 9.17) is 0 Å². The van der Waals surface area contributed by atoms with Crippen LogP contribution in [0.4, 0.5) is 0 Å². The van der Waals surface area contributed by atoms with E-state index in [1.165, 1.54) is 16.5 Å². The Morgan fingerprint density at radius 2 is 1.95 bits per heavy atom. The molecule has 1 aromatic carbocycles. The number of likely N-dealkylation sites (tertiary alicyclic amines) is 1. The minimum Gasteiger partial charge on any atom is -0.347 e. The Morgan fingerprint density at radius 1 is 1.21 bits per heavy atom. The first-order valence-corrected chi connectivity index (χ1v) is 7.08. The molecular formula is C16H20N2O. The van der Waals surface area contributed by atoms with Gasteiger partial charge in [0.2, 0.25) is 5.91 Å². The molecule has 0 N–H and O–H groups in total. The molecule has 1 fully saturated rings. The molecule has 0 spiro atoms. The number of aromatic nitrogens is 1. The Kier molecular flexibility index (Phi) is 3.28. The normalized spacial score (nSPS) is 15.3. The Labute approximate surface area is 113 Å². The molecule has 3 nitrogen and oxygen atoms in total. The van der Waals surface area contributed by atoms with Crippen LogP contribution in [-0.2, 0) is 11.3 Å². The third kappa shape index (κ3) is 2.37. The van der Waals surface area contributed by atoms with E-state index < -0.39 is 0 Å². The van der Waals surface area contributed by atoms with Crippen molar-refractivity contribution in [2.75, 3.05) is 13.1 Å². The summed E-state index contributed by atoms with van der Waals surface area (Å²) in [6, 6.07) is 8.39. The number of rotatable bonds is 3. The zero-order valence-corrected chi connectivity index (χ0v) is 11.4. The van der Waals surface area contributed by atoms with Crippen LogP contribution in [-0.4, -0.2) is 28.5 Å². The Morgan fingerprint density at radius 3 is 2.74 bits per heavy atom. The predicted octanol–water partition coefficient (Wildman–Crippen LogP) is 2.96. The maximum atomic E-state index is 12.1. The number of aryl methyl sites for hydroxylation is 2. The highest BCUT2D eigenvalue weighted by molar-refractivity contribution is 5.84. The lowest BCUT2D eigenvalue weighted by molar-refractivity contribution is -0.130. The molecule has 19 heavy (non-hydrogen) atoms. The van der Waals surface area contributed by atoms with Crippen molar-refractivity contribution in [3.05, 3.63) is 36.0 Å². The minimum absolute atomic E-state index is 0.299. The lowest BCUT2D eigenvalue weighted by atomic mass is 10.2. The van der Waals surface area contributed by atoms with Gasteiger partial charge in [0, 0.05) is 43.2 Å². The highest BCUT2D eigenvalue weighted by Gasteiger charge is 2.17. The number of para-hydroxylation sites is 1. The van der Waals surface area contributed by atoms with Gasteiger partial charge in [0.05, 0.1) is 0 Å². The third-order valence-corrected chi connectivity index (χ3v) is 4.01. The molecule has 1 saturated heterocycles. The van der Waals surface area contributed by atoms with E-state index in [-0.39, 0.29) is 0 Å². The smallest absolute Gasteiger partial charge is 0.224 e. The van der Waals surface area contributed by atoms with Crippen LogP contribution in [0.25, 0.3) is 10.9 Å². The van der Waals surface area contributed by atoms with Crippen LogP contribution in [0.5, 0.6) is 0 Å². The van der Waals surface area contributed by atoms with Crippen molar-refractivity contribution >= 4 is 16.8 Å². The topological polar surface area (TPSA) is 25.2 Å². The molecule has 2 aromatic rings. The van der Waals surface area contributed by atoms with Crippen LogP contribution in [0, 0.1) is 6.92 Å². The van der Waals surface area contributed by atoms with Crippen LogP contribution in [0.2, 0.25) is 0 Å². The minimum atomic E-state index is 0.299. The molecule has 0 aliphatic carbocycles. The van der Waals surface area contributed by atoms with Crippen molar-refractivity contribution in [2.24, 2.45) is 0 Å². The van der Waals surface area contributed by atoms with Gasteiger partial charge in [0.1, 0.15) is 0 Å². The van der Waals surface area contributed by atoms with E-state index >= 15 is 0 Å². The molecule has 3 heteroatoms. The standard InChI is InChI=1S/C16H20N2O/c1-13-12-18(15-7-3-2-6-14(13)15)11-8-16(19)17-9-4-5-10-17/h2-3,6-7,12H,4-5,8-11H2,1H3. The molecule has 0 radical (unpaired) electrons. The van der Waals surface area contributed by atoms with Gasteiger partial charge >= 0.3 is 0 Å². The summed E-state index contributed by atoms with van der Waals surface area (Å²) in [5, 5.41) is 1.29. The van der Waals surface area contributed by atoms with Crippen molar-refractivity contribution in [2.45, 2.75) is 32.7 Å². The molecule has 0 saturated carbocycles. The number of fused-ring (bicyclic) bond motifs is 1. The monoisotopic (exact) mass is 256 g/mol. The summed E-state index contributed by atoms with van der Waals surface area (Å²) in [7, 11) is 0. The van der Waals surface area contributed by atoms with Crippen molar-refractivity contribution < 1.29 is 4.79 Å². The Hall–Kier alpha value is -1.77. The first-order chi connectivity index (χ1) is 9.25. The van der Waals surface area contributed by atoms with Gasteiger partial charge in [0.15, 0.2) is 0 Å². The summed E-state index contributed by atoms with van der Waals surface area (Å²) in [5.74, 6) is 0.299. The van der Waals surface area contributed by atoms with Gasteiger partial charge < -0.3 is 9.47 Å². The highest BCUT2D eigenvalue weighted by atomic mass is 16.2. The molecule has 0 bridgehead atoms. The largest absolute Gasteiger partial charge is 0.347 e. The van der Waals surface area contributed by atoms with E-state index in [1.54, 1.807) is 0 Å². The van der Waals surface area contributed by atoms with Crippen LogP contribution >= 0.6 is 0 Å². The van der Waals surface area contributed by atoms with E-state index in [1.807, 2.05) is 4.90 Å². The molecule has 1 aliphatic rings. The van der Waals surface area contributed by atoms with Crippen molar-refractivity contribution in [3.63, 3.8) is 0 Å². The van der Waals surface area contributed by atoms with Gasteiger partial charge in [-0.2, -0.15) is 0 Å². The zero-order chi connectivity index (χ0) is 13.2. The fraction of sp³-hybridized carbons (Fsp3) is 0.438. The predicted molar refractivity (Wildman–Crippen MR) is 77.1 cm³/mol. The fourth-order valence-electron chi connectivity index (χ4n) is 2.96. The van der Waals surface area contributed by atoms with Gasteiger partial charge in [0.25, 0.3) is 0 Å². The summed E-state index contributed by atoms with van der Waals surface area (Å²) in [6.45, 7) is 4.80. The molecule has 3 rings (SSSR count). The second kappa shape index (κ2) is 5.08. The quantitative estimate of drug-likeness (QED) is 0.829. The van der Waals surface area contributed by atoms with Gasteiger partial charge in [-0.1, -0.05) is 18.2 Å². The molecule has 0 unspecified atom stereocenters. The molecule has 0 atom stereocenters. The molecule has 100 valence electrons. The molecule has 2 heterocycles. The van der Waals surface area contributed by atoms with Crippen molar-refractivity contribution in [1.29, 1.82) is 0 Å². The molecule has 1 aromatic heterocycles. The number of hydrogen-bond acceptors (Lipinski definition) is 1. The average molecular weight is 256 g/mol. The molecule has 1 aliphatic heterocycles. The number of carbonyl (C=O) groups excluding carboxylic acids is 1. The Bertz CT molecular complexity index is 594. The molecule has 1 amide bonds. The number of nitrogens with zero attached hydrogens (tertiary/aromatic N) is 2. The summed E-state index contributed by atoms with van der Waals surface area (Å²) in [4.78, 5) is 14.1. The average Bonchev–Trinajstić information content (AvgIpc) is 3.06. The lowest BCUT2D eigenvalue weighted by Gasteiger charge is -2.15. The van der Waals surface area contributed by atoms with Gasteiger partial charge in [-0.25, -0.2) is 0 Å². The number of amides is 1. The second-order valence-corrected chi connectivity index (χ2v) is 5.36. The van der Waals surface area contributed by atoms with E-state index in [0.717, 1.165) is 32.5 Å². The maximum Gasteiger partial charge on any atom is 0.224 e. The SMILES string of the molecule is Cc1cn(CCC(=O)N2CCCC2)c2ccccc12. The summed E-state index contributed by atoms with van der Waals surface area (Å²) in [6.07, 6.45) is 5.09. The van der Waals surface area contributed by atoms with E-state index in [0.29, 0.717) is 12.3 Å². The van der Waals surface area contributed by atoms with Crippen molar-refractivity contribution in [1.82, 2.24) is 9.47 Å². The maximum absolute atomic E-state index is 12.1. The number of hydrogen-bond donors (Lipinski definition) is 0. The van der Waals surface area contributed by atoms with Crippen LogP contribution < -0.4 is 0 Å². The lowest BCUT2D eigenvalue weighted by Crippen LogP contribution is -2.28. The zero-order valence-electron chi connectivity index (χ0n) is 11.4. The van der Waals surface area contributed by atoms with Gasteiger partial charge in [-0.15, -0.1) is 0 Å². The fourth-order valence-corrected chi connectivity index (χ4v) is 2.96. The first-order valence-electron chi connectivity index (χ1n) is 7.08. The van der Waals surface area contributed by atoms with Crippen LogP contribution in [0.3, 0.4) is 0 Å². The first kappa shape index (κ1) is 12.3. The Balaban J connectivity index is 1.73. The van der Waals surface area contributed by atoms with E-state index in [2.05, 4.69) is 42.0 Å². The summed E-state index contributed by atoms with van der Waals surface area (Å²) >= 11 is 0. The summed E-state index contributed by atoms with van der Waals surface area (Å²) < 4.78 is 2.21. The number of benzene rings is 1. The summed E-state index contributed by atoms with van der Waals surface area (Å²) in [5.41, 5.74) is 2.51. The van der Waals surface area contributed by atoms with Crippen LogP contribution in [0.15, 0.2) is 30.5 Å². The van der Waals surface area contributed by atoms with Gasteiger partial charge in [-0.3, -0.25) is 4.79 Å². The number of carbonyl (C=O) groups is 1. The van der Waals surface area contributed by atoms with Crippen LogP contribution in [0.1, 0.15) is 24.8 Å². The molecular weight excluding hydrogens is 236 g/mol. The van der Waals surface area contributed by atoms with Gasteiger partial charge in [-0.05, 0) is 31.4 Å². The highest BCUT2D eigenvalue weighted by Crippen LogP contribution is 2.21. The second-order valence-electron chi connectivity index (χ2n) is 5.36. The van der Waals surface area contributed by atoms with Crippen molar-refractivity contribution in [3.8, 4) is 0 Å². The van der Waals surface area contributed by atoms with E-state index in [9.17, 15) is 4.79 Å².